The van der Waals surface area contributed by atoms with Gasteiger partial charge in [-0.05, 0) is 30.7 Å². The lowest BCUT2D eigenvalue weighted by molar-refractivity contribution is -0.137. The summed E-state index contributed by atoms with van der Waals surface area (Å²) in [4.78, 5) is 10.3. The Balaban J connectivity index is 2.25. The number of rotatable bonds is 6. The minimum Gasteiger partial charge on any atom is -0.450 e. The van der Waals surface area contributed by atoms with E-state index in [2.05, 4.69) is 10.1 Å². The number of primary amides is 1. The Bertz CT molecular complexity index is 404. The van der Waals surface area contributed by atoms with Gasteiger partial charge < -0.3 is 15.8 Å². The highest BCUT2D eigenvalue weighted by molar-refractivity contribution is 5.64. The van der Waals surface area contributed by atoms with Gasteiger partial charge in [0.15, 0.2) is 0 Å². The van der Waals surface area contributed by atoms with E-state index in [9.17, 15) is 18.0 Å². The Kier molecular flexibility index (Phi) is 5.62. The molecule has 0 unspecified atom stereocenters. The minimum absolute atomic E-state index is 0.218. The lowest BCUT2D eigenvalue weighted by Crippen LogP contribution is -2.19. The average molecular weight is 276 g/mol. The van der Waals surface area contributed by atoms with Crippen molar-refractivity contribution in [3.05, 3.63) is 35.4 Å². The van der Waals surface area contributed by atoms with Gasteiger partial charge in [-0.3, -0.25) is 0 Å². The van der Waals surface area contributed by atoms with Crippen molar-refractivity contribution in [2.75, 3.05) is 13.2 Å². The maximum Gasteiger partial charge on any atom is 0.416 e. The Morgan fingerprint density at radius 3 is 2.42 bits per heavy atom. The van der Waals surface area contributed by atoms with Crippen LogP contribution in [0.2, 0.25) is 0 Å². The van der Waals surface area contributed by atoms with E-state index in [0.29, 0.717) is 19.5 Å². The SMILES string of the molecule is NC(=O)OCCCNCc1ccc(C(F)(F)F)cc1. The Labute approximate surface area is 108 Å². The lowest BCUT2D eigenvalue weighted by atomic mass is 10.1. The Morgan fingerprint density at radius 2 is 1.89 bits per heavy atom. The zero-order valence-corrected chi connectivity index (χ0v) is 10.2. The molecule has 4 nitrogen and oxygen atoms in total. The molecular formula is C12H15F3N2O2. The van der Waals surface area contributed by atoms with E-state index in [1.54, 1.807) is 0 Å². The van der Waals surface area contributed by atoms with Gasteiger partial charge in [-0.2, -0.15) is 13.2 Å². The summed E-state index contributed by atoms with van der Waals surface area (Å²) in [7, 11) is 0. The molecule has 0 spiro atoms. The largest absolute Gasteiger partial charge is 0.450 e. The van der Waals surface area contributed by atoms with E-state index in [1.165, 1.54) is 12.1 Å². The number of hydrogen-bond acceptors (Lipinski definition) is 3. The molecule has 0 aromatic heterocycles. The zero-order valence-electron chi connectivity index (χ0n) is 10.2. The van der Waals surface area contributed by atoms with E-state index in [1.807, 2.05) is 0 Å². The molecule has 0 aliphatic carbocycles. The highest BCUT2D eigenvalue weighted by atomic mass is 19.4. The number of carbonyl (C=O) groups is 1. The third-order valence-electron chi connectivity index (χ3n) is 2.35. The van der Waals surface area contributed by atoms with E-state index in [-0.39, 0.29) is 6.61 Å². The van der Waals surface area contributed by atoms with E-state index < -0.39 is 17.8 Å². The van der Waals surface area contributed by atoms with Crippen LogP contribution in [0, 0.1) is 0 Å². The number of benzene rings is 1. The van der Waals surface area contributed by atoms with Crippen molar-refractivity contribution in [1.82, 2.24) is 5.32 Å². The summed E-state index contributed by atoms with van der Waals surface area (Å²) in [5, 5.41) is 3.02. The van der Waals surface area contributed by atoms with Gasteiger partial charge in [-0.1, -0.05) is 12.1 Å². The van der Waals surface area contributed by atoms with Gasteiger partial charge in [0.25, 0.3) is 0 Å². The van der Waals surface area contributed by atoms with Gasteiger partial charge in [-0.15, -0.1) is 0 Å². The first-order valence-electron chi connectivity index (χ1n) is 5.68. The number of halogens is 3. The molecule has 0 saturated heterocycles. The number of nitrogens with two attached hydrogens (primary N) is 1. The third kappa shape index (κ3) is 6.10. The van der Waals surface area contributed by atoms with Crippen molar-refractivity contribution >= 4 is 6.09 Å². The summed E-state index contributed by atoms with van der Waals surface area (Å²) in [6.45, 7) is 1.25. The summed E-state index contributed by atoms with van der Waals surface area (Å²) >= 11 is 0. The van der Waals surface area contributed by atoms with Crippen LogP contribution in [0.1, 0.15) is 17.5 Å². The molecule has 7 heteroatoms. The van der Waals surface area contributed by atoms with Crippen LogP contribution in [0.5, 0.6) is 0 Å². The number of nitrogens with one attached hydrogen (secondary N) is 1. The van der Waals surface area contributed by atoms with Gasteiger partial charge in [0, 0.05) is 6.54 Å². The van der Waals surface area contributed by atoms with Crippen molar-refractivity contribution in [1.29, 1.82) is 0 Å². The highest BCUT2D eigenvalue weighted by Crippen LogP contribution is 2.28. The molecule has 0 heterocycles. The van der Waals surface area contributed by atoms with Crippen LogP contribution in [0.15, 0.2) is 24.3 Å². The van der Waals surface area contributed by atoms with Crippen LogP contribution >= 0.6 is 0 Å². The fourth-order valence-corrected chi connectivity index (χ4v) is 1.41. The smallest absolute Gasteiger partial charge is 0.416 e. The molecule has 0 radical (unpaired) electrons. The van der Waals surface area contributed by atoms with Crippen LogP contribution in [0.25, 0.3) is 0 Å². The maximum absolute atomic E-state index is 12.3. The molecule has 0 bridgehead atoms. The number of amides is 1. The maximum atomic E-state index is 12.3. The second-order valence-corrected chi connectivity index (χ2v) is 3.89. The first-order chi connectivity index (χ1) is 8.89. The van der Waals surface area contributed by atoms with E-state index in [0.717, 1.165) is 17.7 Å². The zero-order chi connectivity index (χ0) is 14.3. The van der Waals surface area contributed by atoms with Crippen molar-refractivity contribution in [2.45, 2.75) is 19.1 Å². The van der Waals surface area contributed by atoms with Gasteiger partial charge >= 0.3 is 12.3 Å². The predicted octanol–water partition coefficient (Wildman–Crippen LogP) is 2.28. The fourth-order valence-electron chi connectivity index (χ4n) is 1.41. The van der Waals surface area contributed by atoms with Crippen molar-refractivity contribution in [2.24, 2.45) is 5.73 Å². The molecule has 1 aromatic carbocycles. The van der Waals surface area contributed by atoms with Crippen LogP contribution in [-0.4, -0.2) is 19.2 Å². The lowest BCUT2D eigenvalue weighted by Gasteiger charge is -2.08. The highest BCUT2D eigenvalue weighted by Gasteiger charge is 2.29. The second kappa shape index (κ2) is 6.98. The van der Waals surface area contributed by atoms with Gasteiger partial charge in [0.1, 0.15) is 0 Å². The minimum atomic E-state index is -4.31. The second-order valence-electron chi connectivity index (χ2n) is 3.89. The monoisotopic (exact) mass is 276 g/mol. The van der Waals surface area contributed by atoms with Gasteiger partial charge in [0.05, 0.1) is 12.2 Å². The summed E-state index contributed by atoms with van der Waals surface area (Å²) in [5.41, 5.74) is 4.87. The summed E-state index contributed by atoms with van der Waals surface area (Å²) in [5.74, 6) is 0. The summed E-state index contributed by atoms with van der Waals surface area (Å²) < 4.78 is 41.4. The molecule has 1 amide bonds. The summed E-state index contributed by atoms with van der Waals surface area (Å²) in [6, 6.07) is 4.95. The van der Waals surface area contributed by atoms with E-state index >= 15 is 0 Å². The number of alkyl halides is 3. The van der Waals surface area contributed by atoms with Crippen LogP contribution in [0.4, 0.5) is 18.0 Å². The molecule has 19 heavy (non-hydrogen) atoms. The third-order valence-corrected chi connectivity index (χ3v) is 2.35. The van der Waals surface area contributed by atoms with Crippen LogP contribution in [-0.2, 0) is 17.5 Å². The predicted molar refractivity (Wildman–Crippen MR) is 63.3 cm³/mol. The Morgan fingerprint density at radius 1 is 1.26 bits per heavy atom. The molecule has 0 aliphatic heterocycles. The normalized spacial score (nSPS) is 11.3. The first kappa shape index (κ1) is 15.3. The summed E-state index contributed by atoms with van der Waals surface area (Å²) in [6.07, 6.45) is -4.54. The number of ether oxygens (including phenoxy) is 1. The molecule has 0 atom stereocenters. The number of hydrogen-bond donors (Lipinski definition) is 2. The van der Waals surface area contributed by atoms with Crippen molar-refractivity contribution in [3.63, 3.8) is 0 Å². The fraction of sp³-hybridized carbons (Fsp3) is 0.417. The topological polar surface area (TPSA) is 64.4 Å². The standard InChI is InChI=1S/C12H15F3N2O2/c13-12(14,15)10-4-2-9(3-5-10)8-17-6-1-7-19-11(16)18/h2-5,17H,1,6-8H2,(H2,16,18). The molecule has 1 aromatic rings. The molecule has 106 valence electrons. The molecular weight excluding hydrogens is 261 g/mol. The van der Waals surface area contributed by atoms with Gasteiger partial charge in [-0.25, -0.2) is 4.79 Å². The van der Waals surface area contributed by atoms with Crippen molar-refractivity contribution < 1.29 is 22.7 Å². The van der Waals surface area contributed by atoms with E-state index in [4.69, 9.17) is 5.73 Å². The Hall–Kier alpha value is -1.76. The molecule has 3 N–H and O–H groups in total. The molecule has 0 aliphatic rings. The number of carbonyl (C=O) groups excluding carboxylic acids is 1. The van der Waals surface area contributed by atoms with Gasteiger partial charge in [0.2, 0.25) is 0 Å². The molecule has 1 rings (SSSR count). The molecule has 0 saturated carbocycles. The van der Waals surface area contributed by atoms with Crippen molar-refractivity contribution in [3.8, 4) is 0 Å². The molecule has 0 fully saturated rings. The van der Waals surface area contributed by atoms with Crippen LogP contribution < -0.4 is 11.1 Å². The average Bonchev–Trinajstić information content (AvgIpc) is 2.32. The van der Waals surface area contributed by atoms with Crippen LogP contribution in [0.3, 0.4) is 0 Å². The first-order valence-corrected chi connectivity index (χ1v) is 5.68. The quantitative estimate of drug-likeness (QED) is 0.783.